The highest BCUT2D eigenvalue weighted by atomic mass is 16.5. The monoisotopic (exact) mass is 484 g/mol. The minimum atomic E-state index is -0.336. The van der Waals surface area contributed by atoms with Crippen LogP contribution in [0, 0.1) is 17.8 Å². The number of likely N-dealkylation sites (N-methyl/N-ethyl adjacent to an activating group) is 1. The average Bonchev–Trinajstić information content (AvgIpc) is 2.90. The highest BCUT2D eigenvalue weighted by Gasteiger charge is 2.34. The molecule has 0 saturated carbocycles. The number of carbonyl (C=O) groups is 1. The number of pyridine rings is 2. The van der Waals surface area contributed by atoms with Crippen LogP contribution < -0.4 is 4.74 Å². The first-order valence-corrected chi connectivity index (χ1v) is 12.2. The molecule has 7 nitrogen and oxygen atoms in total. The highest BCUT2D eigenvalue weighted by molar-refractivity contribution is 5.97. The molecule has 0 spiro atoms. The van der Waals surface area contributed by atoms with Gasteiger partial charge < -0.3 is 14.7 Å². The zero-order valence-corrected chi connectivity index (χ0v) is 21.0. The maximum Gasteiger partial charge on any atom is 0.259 e. The second-order valence-corrected chi connectivity index (χ2v) is 9.35. The molecule has 0 aliphatic carbocycles. The first kappa shape index (κ1) is 25.4. The van der Waals surface area contributed by atoms with Crippen molar-refractivity contribution >= 4 is 5.91 Å². The molecule has 0 bridgehead atoms. The quantitative estimate of drug-likeness (QED) is 0.542. The molecule has 3 heterocycles. The maximum absolute atomic E-state index is 13.6. The van der Waals surface area contributed by atoms with Gasteiger partial charge in [0.25, 0.3) is 5.91 Å². The van der Waals surface area contributed by atoms with Crippen LogP contribution in [0.1, 0.15) is 41.0 Å². The molecule has 7 heteroatoms. The zero-order chi connectivity index (χ0) is 25.5. The van der Waals surface area contributed by atoms with Crippen LogP contribution in [0.2, 0.25) is 0 Å². The summed E-state index contributed by atoms with van der Waals surface area (Å²) in [6, 6.07) is 17.2. The van der Waals surface area contributed by atoms with Crippen LogP contribution in [0.25, 0.3) is 0 Å². The van der Waals surface area contributed by atoms with Crippen LogP contribution in [0.4, 0.5) is 0 Å². The van der Waals surface area contributed by atoms with Crippen molar-refractivity contribution in [3.05, 3.63) is 89.4 Å². The number of rotatable bonds is 6. The number of fused-ring (bicyclic) bond motifs is 1. The van der Waals surface area contributed by atoms with E-state index in [4.69, 9.17) is 4.74 Å². The number of carbonyl (C=O) groups excluding carboxylic acids is 1. The lowest BCUT2D eigenvalue weighted by molar-refractivity contribution is 0.0325. The second kappa shape index (κ2) is 11.8. The van der Waals surface area contributed by atoms with Crippen molar-refractivity contribution in [2.24, 2.45) is 5.92 Å². The van der Waals surface area contributed by atoms with Crippen molar-refractivity contribution in [3.63, 3.8) is 0 Å². The molecule has 1 amide bonds. The number of ether oxygens (including phenoxy) is 1. The first-order chi connectivity index (χ1) is 17.4. The normalized spacial score (nSPS) is 18.4. The number of aliphatic hydroxyl groups excluding tert-OH is 1. The van der Waals surface area contributed by atoms with Gasteiger partial charge in [-0.1, -0.05) is 49.2 Å². The van der Waals surface area contributed by atoms with Crippen molar-refractivity contribution in [2.45, 2.75) is 32.5 Å². The van der Waals surface area contributed by atoms with Crippen molar-refractivity contribution in [1.82, 2.24) is 19.8 Å². The van der Waals surface area contributed by atoms with Crippen molar-refractivity contribution in [2.75, 3.05) is 26.7 Å². The number of amides is 1. The molecule has 0 radical (unpaired) electrons. The van der Waals surface area contributed by atoms with Gasteiger partial charge >= 0.3 is 0 Å². The lowest BCUT2D eigenvalue weighted by Crippen LogP contribution is -2.49. The zero-order valence-electron chi connectivity index (χ0n) is 21.0. The fourth-order valence-corrected chi connectivity index (χ4v) is 4.23. The Morgan fingerprint density at radius 1 is 1.17 bits per heavy atom. The number of nitrogens with zero attached hydrogens (tertiary/aromatic N) is 4. The second-order valence-electron chi connectivity index (χ2n) is 9.35. The van der Waals surface area contributed by atoms with E-state index in [0.717, 1.165) is 6.54 Å². The third-order valence-corrected chi connectivity index (χ3v) is 6.31. The smallest absolute Gasteiger partial charge is 0.259 e. The summed E-state index contributed by atoms with van der Waals surface area (Å²) in [6.45, 7) is 5.71. The van der Waals surface area contributed by atoms with Gasteiger partial charge in [0.2, 0.25) is 5.88 Å². The van der Waals surface area contributed by atoms with E-state index in [0.29, 0.717) is 35.8 Å². The van der Waals surface area contributed by atoms with Gasteiger partial charge in [-0.2, -0.15) is 0 Å². The number of hydrogen-bond acceptors (Lipinski definition) is 6. The summed E-state index contributed by atoms with van der Waals surface area (Å²) in [5.74, 6) is 6.16. The Morgan fingerprint density at radius 2 is 1.94 bits per heavy atom. The summed E-state index contributed by atoms with van der Waals surface area (Å²) >= 11 is 0. The third-order valence-electron chi connectivity index (χ3n) is 6.31. The van der Waals surface area contributed by atoms with Gasteiger partial charge in [-0.3, -0.25) is 9.69 Å². The number of benzene rings is 1. The molecule has 4 rings (SSSR count). The van der Waals surface area contributed by atoms with Crippen LogP contribution in [0.5, 0.6) is 5.88 Å². The molecule has 2 aromatic heterocycles. The Morgan fingerprint density at radius 3 is 2.67 bits per heavy atom. The minimum Gasteiger partial charge on any atom is -0.472 e. The molecule has 3 atom stereocenters. The predicted molar refractivity (Wildman–Crippen MR) is 138 cm³/mol. The Labute approximate surface area is 212 Å². The highest BCUT2D eigenvalue weighted by Crippen LogP contribution is 2.27. The van der Waals surface area contributed by atoms with Crippen LogP contribution in [0.15, 0.2) is 67.0 Å². The van der Waals surface area contributed by atoms with E-state index in [-0.39, 0.29) is 30.6 Å². The minimum absolute atomic E-state index is 0.0275. The van der Waals surface area contributed by atoms with Gasteiger partial charge in [-0.25, -0.2) is 9.97 Å². The van der Waals surface area contributed by atoms with Crippen molar-refractivity contribution in [3.8, 4) is 17.7 Å². The summed E-state index contributed by atoms with van der Waals surface area (Å²) in [7, 11) is 2.06. The van der Waals surface area contributed by atoms with E-state index in [1.54, 1.807) is 23.4 Å². The Kier molecular flexibility index (Phi) is 8.32. The van der Waals surface area contributed by atoms with Crippen molar-refractivity contribution in [1.29, 1.82) is 0 Å². The average molecular weight is 485 g/mol. The van der Waals surface area contributed by atoms with Crippen molar-refractivity contribution < 1.29 is 14.6 Å². The topological polar surface area (TPSA) is 78.8 Å². The predicted octanol–water partition coefficient (Wildman–Crippen LogP) is 3.23. The fourth-order valence-electron chi connectivity index (χ4n) is 4.23. The summed E-state index contributed by atoms with van der Waals surface area (Å²) in [5.41, 5.74) is 2.81. The summed E-state index contributed by atoms with van der Waals surface area (Å²) in [6.07, 6.45) is 3.11. The van der Waals surface area contributed by atoms with E-state index in [1.807, 2.05) is 43.3 Å². The van der Waals surface area contributed by atoms with E-state index in [9.17, 15) is 9.90 Å². The first-order valence-electron chi connectivity index (χ1n) is 12.2. The SMILES string of the molecule is C[C@@H]1CN([C@@H](C)CO)C(=O)c2cc(C#Cc3ccccn3)cnc2O[C@@H]1CN(C)Cc1ccccc1. The van der Waals surface area contributed by atoms with Crippen LogP contribution >= 0.6 is 0 Å². The fraction of sp³-hybridized carbons (Fsp3) is 0.345. The number of aliphatic hydroxyl groups is 1. The molecule has 0 saturated heterocycles. The Balaban J connectivity index is 1.63. The van der Waals surface area contributed by atoms with Gasteiger partial charge in [-0.15, -0.1) is 0 Å². The Hall–Kier alpha value is -3.73. The van der Waals surface area contributed by atoms with Gasteiger partial charge in [0, 0.05) is 43.5 Å². The Bertz CT molecular complexity index is 1220. The molecule has 0 fully saturated rings. The number of aromatic nitrogens is 2. The summed E-state index contributed by atoms with van der Waals surface area (Å²) in [4.78, 5) is 26.2. The summed E-state index contributed by atoms with van der Waals surface area (Å²) < 4.78 is 6.38. The molecule has 0 unspecified atom stereocenters. The molecule has 3 aromatic rings. The molecule has 1 aliphatic rings. The van der Waals surface area contributed by atoms with Crippen LogP contribution in [0.3, 0.4) is 0 Å². The van der Waals surface area contributed by atoms with Gasteiger partial charge in [0.1, 0.15) is 17.4 Å². The lowest BCUT2D eigenvalue weighted by atomic mass is 9.99. The van der Waals surface area contributed by atoms with Gasteiger partial charge in [-0.05, 0) is 43.7 Å². The van der Waals surface area contributed by atoms with Gasteiger partial charge in [0.05, 0.1) is 12.6 Å². The van der Waals surface area contributed by atoms with Crippen LogP contribution in [-0.4, -0.2) is 69.7 Å². The molecular formula is C29H32N4O3. The molecule has 186 valence electrons. The molecular weight excluding hydrogens is 452 g/mol. The molecule has 36 heavy (non-hydrogen) atoms. The lowest BCUT2D eigenvalue weighted by Gasteiger charge is -2.37. The van der Waals surface area contributed by atoms with Crippen LogP contribution in [-0.2, 0) is 6.54 Å². The third kappa shape index (κ3) is 6.28. The van der Waals surface area contributed by atoms with E-state index in [1.165, 1.54) is 5.56 Å². The molecule has 1 N–H and O–H groups in total. The largest absolute Gasteiger partial charge is 0.472 e. The van der Waals surface area contributed by atoms with E-state index in [2.05, 4.69) is 52.8 Å². The standard InChI is InChI=1S/C29H32N4O3/c1-21-17-33(22(2)20-34)29(35)26-15-24(12-13-25-11-7-8-14-30-25)16-31-28(26)36-27(21)19-32(3)18-23-9-5-4-6-10-23/h4-11,14-16,21-22,27,34H,17-20H2,1-3H3/t21-,22+,27-/m1/s1. The molecule has 1 aromatic carbocycles. The van der Waals surface area contributed by atoms with E-state index < -0.39 is 0 Å². The maximum atomic E-state index is 13.6. The molecule has 1 aliphatic heterocycles. The summed E-state index contributed by atoms with van der Waals surface area (Å²) in [5, 5.41) is 9.86. The van der Waals surface area contributed by atoms with Gasteiger partial charge in [0.15, 0.2) is 0 Å². The number of hydrogen-bond donors (Lipinski definition) is 1. The van der Waals surface area contributed by atoms with E-state index >= 15 is 0 Å².